The standard InChI is InChI=1S/C16H27N3O4S/c1-3-18(13-6-9-24(22,23)10-13)11-19-14(20)16(17-15(19)21)7-4-12(2)5-8-16/h12-13H,3-11H2,1-2H3,(H,17,21)/p+1/t12?,13-,16?/m0/s1. The summed E-state index contributed by atoms with van der Waals surface area (Å²) in [5.41, 5.74) is -0.718. The van der Waals surface area contributed by atoms with Crippen LogP contribution in [0.3, 0.4) is 0 Å². The molecule has 2 atom stereocenters. The van der Waals surface area contributed by atoms with Crippen LogP contribution in [0.4, 0.5) is 4.79 Å². The van der Waals surface area contributed by atoms with Crippen LogP contribution >= 0.6 is 0 Å². The maximum atomic E-state index is 12.9. The first-order valence-electron chi connectivity index (χ1n) is 8.95. The van der Waals surface area contributed by atoms with Gasteiger partial charge in [0.15, 0.2) is 16.5 Å². The Morgan fingerprint density at radius 1 is 1.25 bits per heavy atom. The number of carbonyl (C=O) groups is 2. The van der Waals surface area contributed by atoms with Gasteiger partial charge in [-0.1, -0.05) is 6.92 Å². The average molecular weight is 358 g/mol. The second-order valence-electron chi connectivity index (χ2n) is 7.70. The zero-order chi connectivity index (χ0) is 17.5. The lowest BCUT2D eigenvalue weighted by atomic mass is 9.77. The van der Waals surface area contributed by atoms with Crippen molar-refractivity contribution >= 4 is 21.8 Å². The van der Waals surface area contributed by atoms with Crippen molar-refractivity contribution in [2.45, 2.75) is 57.5 Å². The summed E-state index contributed by atoms with van der Waals surface area (Å²) in [6.07, 6.45) is 3.91. The van der Waals surface area contributed by atoms with Gasteiger partial charge in [-0.3, -0.25) is 4.79 Å². The highest BCUT2D eigenvalue weighted by Gasteiger charge is 2.53. The number of hydrogen-bond acceptors (Lipinski definition) is 4. The van der Waals surface area contributed by atoms with Gasteiger partial charge in [0.05, 0.1) is 12.3 Å². The van der Waals surface area contributed by atoms with Crippen LogP contribution in [0.15, 0.2) is 0 Å². The van der Waals surface area contributed by atoms with Gasteiger partial charge in [-0.05, 0) is 38.5 Å². The third-order valence-corrected chi connectivity index (χ3v) is 7.77. The number of sulfone groups is 1. The van der Waals surface area contributed by atoms with E-state index in [1.54, 1.807) is 0 Å². The molecule has 0 aromatic heterocycles. The third-order valence-electron chi connectivity index (χ3n) is 6.00. The Balaban J connectivity index is 1.70. The van der Waals surface area contributed by atoms with E-state index >= 15 is 0 Å². The van der Waals surface area contributed by atoms with Crippen molar-refractivity contribution in [3.8, 4) is 0 Å². The van der Waals surface area contributed by atoms with Gasteiger partial charge in [-0.15, -0.1) is 0 Å². The van der Waals surface area contributed by atoms with Gasteiger partial charge in [0, 0.05) is 6.42 Å². The van der Waals surface area contributed by atoms with Gasteiger partial charge in [-0.25, -0.2) is 18.1 Å². The molecule has 0 aromatic carbocycles. The molecule has 0 bridgehead atoms. The molecule has 2 aliphatic heterocycles. The van der Waals surface area contributed by atoms with Crippen LogP contribution in [0.25, 0.3) is 0 Å². The minimum atomic E-state index is -2.97. The van der Waals surface area contributed by atoms with E-state index < -0.39 is 15.4 Å². The number of rotatable bonds is 4. The Morgan fingerprint density at radius 3 is 2.46 bits per heavy atom. The highest BCUT2D eigenvalue weighted by atomic mass is 32.2. The summed E-state index contributed by atoms with van der Waals surface area (Å²) < 4.78 is 23.5. The lowest BCUT2D eigenvalue weighted by Crippen LogP contribution is -3.17. The topological polar surface area (TPSA) is 88.0 Å². The predicted molar refractivity (Wildman–Crippen MR) is 89.2 cm³/mol. The monoisotopic (exact) mass is 358 g/mol. The number of urea groups is 1. The fourth-order valence-electron chi connectivity index (χ4n) is 4.26. The third kappa shape index (κ3) is 3.18. The summed E-state index contributed by atoms with van der Waals surface area (Å²) in [6, 6.07) is -0.343. The fraction of sp³-hybridized carbons (Fsp3) is 0.875. The number of nitrogens with one attached hydrogen (secondary N) is 2. The molecule has 24 heavy (non-hydrogen) atoms. The van der Waals surface area contributed by atoms with Crippen LogP contribution in [0.1, 0.15) is 46.0 Å². The van der Waals surface area contributed by atoms with Crippen LogP contribution in [0.5, 0.6) is 0 Å². The molecule has 2 saturated heterocycles. The average Bonchev–Trinajstić information content (AvgIpc) is 2.99. The summed E-state index contributed by atoms with van der Waals surface area (Å²) in [7, 11) is -2.97. The SMILES string of the molecule is CC[NH+](CN1C(=O)NC2(CCC(C)CC2)C1=O)[C@H]1CCS(=O)(=O)C1. The molecule has 7 nitrogen and oxygen atoms in total. The van der Waals surface area contributed by atoms with E-state index in [0.717, 1.165) is 17.7 Å². The van der Waals surface area contributed by atoms with Gasteiger partial charge < -0.3 is 10.2 Å². The molecule has 1 unspecified atom stereocenters. The van der Waals surface area contributed by atoms with E-state index in [2.05, 4.69) is 12.2 Å². The molecule has 0 aromatic rings. The van der Waals surface area contributed by atoms with E-state index in [0.29, 0.717) is 31.7 Å². The molecule has 2 heterocycles. The molecular weight excluding hydrogens is 330 g/mol. The molecule has 1 saturated carbocycles. The zero-order valence-electron chi connectivity index (χ0n) is 14.5. The van der Waals surface area contributed by atoms with Gasteiger partial charge in [0.2, 0.25) is 0 Å². The number of hydrogen-bond donors (Lipinski definition) is 2. The molecule has 1 aliphatic carbocycles. The van der Waals surface area contributed by atoms with E-state index in [1.165, 1.54) is 4.90 Å². The maximum absolute atomic E-state index is 12.9. The highest BCUT2D eigenvalue weighted by Crippen LogP contribution is 2.35. The lowest BCUT2D eigenvalue weighted by molar-refractivity contribution is -0.927. The van der Waals surface area contributed by atoms with Crippen molar-refractivity contribution in [2.24, 2.45) is 5.92 Å². The number of quaternary nitrogens is 1. The van der Waals surface area contributed by atoms with Crippen LogP contribution in [-0.4, -0.2) is 61.6 Å². The van der Waals surface area contributed by atoms with E-state index in [4.69, 9.17) is 0 Å². The highest BCUT2D eigenvalue weighted by molar-refractivity contribution is 7.91. The fourth-order valence-corrected chi connectivity index (χ4v) is 6.09. The molecule has 3 amide bonds. The smallest absolute Gasteiger partial charge is 0.323 e. The summed E-state index contributed by atoms with van der Waals surface area (Å²) in [5, 5.41) is 2.93. The molecule has 3 aliphatic rings. The molecule has 2 N–H and O–H groups in total. The Hall–Kier alpha value is -1.15. The summed E-state index contributed by atoms with van der Waals surface area (Å²) in [5.74, 6) is 0.841. The first kappa shape index (κ1) is 17.7. The van der Waals surface area contributed by atoms with Crippen molar-refractivity contribution in [1.82, 2.24) is 10.2 Å². The largest absolute Gasteiger partial charge is 0.329 e. The van der Waals surface area contributed by atoms with E-state index in [-0.39, 0.29) is 36.2 Å². The number of imide groups is 1. The van der Waals surface area contributed by atoms with Crippen LogP contribution in [0, 0.1) is 5.92 Å². The van der Waals surface area contributed by atoms with Crippen LogP contribution in [-0.2, 0) is 14.6 Å². The molecular formula is C16H28N3O4S+. The quantitative estimate of drug-likeness (QED) is 0.666. The Bertz CT molecular complexity index is 625. The molecule has 8 heteroatoms. The van der Waals surface area contributed by atoms with Crippen molar-refractivity contribution in [3.05, 3.63) is 0 Å². The van der Waals surface area contributed by atoms with Crippen molar-refractivity contribution in [2.75, 3.05) is 24.7 Å². The molecule has 136 valence electrons. The molecule has 3 rings (SSSR count). The normalized spacial score (nSPS) is 37.0. The lowest BCUT2D eigenvalue weighted by Gasteiger charge is -2.34. The first-order chi connectivity index (χ1) is 11.3. The van der Waals surface area contributed by atoms with Gasteiger partial charge >= 0.3 is 6.03 Å². The second-order valence-corrected chi connectivity index (χ2v) is 9.93. The number of amides is 3. The minimum absolute atomic E-state index is 0.0245. The summed E-state index contributed by atoms with van der Waals surface area (Å²) in [6.45, 7) is 5.10. The predicted octanol–water partition coefficient (Wildman–Crippen LogP) is -0.463. The number of carbonyl (C=O) groups excluding carboxylic acids is 2. The first-order valence-corrected chi connectivity index (χ1v) is 10.8. The summed E-state index contributed by atoms with van der Waals surface area (Å²) >= 11 is 0. The van der Waals surface area contributed by atoms with Crippen molar-refractivity contribution in [3.63, 3.8) is 0 Å². The molecule has 0 radical (unpaired) electrons. The number of nitrogens with zero attached hydrogens (tertiary/aromatic N) is 1. The van der Waals surface area contributed by atoms with Crippen LogP contribution in [0.2, 0.25) is 0 Å². The Morgan fingerprint density at radius 2 is 1.92 bits per heavy atom. The Kier molecular flexibility index (Phi) is 4.63. The molecule has 1 spiro atoms. The van der Waals surface area contributed by atoms with E-state index in [9.17, 15) is 18.0 Å². The maximum Gasteiger partial charge on any atom is 0.329 e. The second kappa shape index (κ2) is 6.29. The zero-order valence-corrected chi connectivity index (χ0v) is 15.3. The molecule has 3 fully saturated rings. The van der Waals surface area contributed by atoms with Gasteiger partial charge in [0.1, 0.15) is 17.3 Å². The van der Waals surface area contributed by atoms with E-state index in [1.807, 2.05) is 6.92 Å². The minimum Gasteiger partial charge on any atom is -0.323 e. The van der Waals surface area contributed by atoms with Gasteiger partial charge in [-0.2, -0.15) is 0 Å². The summed E-state index contributed by atoms with van der Waals surface area (Å²) in [4.78, 5) is 27.6. The van der Waals surface area contributed by atoms with Gasteiger partial charge in [0.25, 0.3) is 5.91 Å². The van der Waals surface area contributed by atoms with Crippen molar-refractivity contribution < 1.29 is 22.9 Å². The van der Waals surface area contributed by atoms with Crippen molar-refractivity contribution in [1.29, 1.82) is 0 Å². The van der Waals surface area contributed by atoms with Crippen LogP contribution < -0.4 is 10.2 Å². The Labute approximate surface area is 143 Å².